The van der Waals surface area contributed by atoms with Crippen LogP contribution in [0.3, 0.4) is 0 Å². The van der Waals surface area contributed by atoms with Gasteiger partial charge in [0.05, 0.1) is 5.92 Å². The summed E-state index contributed by atoms with van der Waals surface area (Å²) in [5.74, 6) is 2.40. The molecule has 0 aliphatic carbocycles. The van der Waals surface area contributed by atoms with E-state index in [0.29, 0.717) is 24.4 Å². The first-order chi connectivity index (χ1) is 9.78. The highest BCUT2D eigenvalue weighted by atomic mass is 16.5. The maximum absolute atomic E-state index is 5.66. The van der Waals surface area contributed by atoms with Crippen LogP contribution in [0.5, 0.6) is 5.75 Å². The number of likely N-dealkylation sites (N-methyl/N-ethyl adjacent to an activating group) is 1. The Morgan fingerprint density at radius 3 is 3.10 bits per heavy atom. The van der Waals surface area contributed by atoms with Gasteiger partial charge in [-0.15, -0.1) is 0 Å². The van der Waals surface area contributed by atoms with Crippen molar-refractivity contribution in [2.24, 2.45) is 0 Å². The molecule has 0 saturated heterocycles. The minimum Gasteiger partial charge on any atom is -0.492 e. The molecule has 2 atom stereocenters. The fraction of sp³-hybridized carbons (Fsp3) is 0.467. The van der Waals surface area contributed by atoms with Crippen LogP contribution in [-0.2, 0) is 6.42 Å². The average molecular weight is 273 g/mol. The van der Waals surface area contributed by atoms with Crippen LogP contribution < -0.4 is 10.1 Å². The van der Waals surface area contributed by atoms with Crippen LogP contribution in [-0.4, -0.2) is 29.3 Å². The first kappa shape index (κ1) is 13.1. The van der Waals surface area contributed by atoms with Gasteiger partial charge >= 0.3 is 0 Å². The zero-order valence-corrected chi connectivity index (χ0v) is 11.8. The van der Waals surface area contributed by atoms with Gasteiger partial charge in [-0.25, -0.2) is 0 Å². The number of para-hydroxylation sites is 1. The quantitative estimate of drug-likeness (QED) is 0.904. The Bertz CT molecular complexity index is 582. The van der Waals surface area contributed by atoms with Crippen LogP contribution in [0.1, 0.15) is 37.0 Å². The maximum atomic E-state index is 5.66. The van der Waals surface area contributed by atoms with Crippen LogP contribution in [0.4, 0.5) is 0 Å². The van der Waals surface area contributed by atoms with Crippen molar-refractivity contribution >= 4 is 0 Å². The van der Waals surface area contributed by atoms with E-state index in [9.17, 15) is 0 Å². The Balaban J connectivity index is 1.75. The average Bonchev–Trinajstić information content (AvgIpc) is 3.05. The number of aromatic nitrogens is 2. The molecule has 3 rings (SSSR count). The van der Waals surface area contributed by atoms with E-state index in [0.717, 1.165) is 24.3 Å². The second kappa shape index (κ2) is 5.63. The molecule has 5 heteroatoms. The molecular formula is C15H19N3O2. The molecule has 0 spiro atoms. The molecule has 0 fully saturated rings. The minimum absolute atomic E-state index is 0.0816. The molecule has 2 unspecified atom stereocenters. The van der Waals surface area contributed by atoms with E-state index >= 15 is 0 Å². The lowest BCUT2D eigenvalue weighted by Crippen LogP contribution is -2.27. The topological polar surface area (TPSA) is 60.2 Å². The molecule has 1 aliphatic rings. The highest BCUT2D eigenvalue weighted by Crippen LogP contribution is 2.36. The number of nitrogens with zero attached hydrogens (tertiary/aromatic N) is 2. The van der Waals surface area contributed by atoms with Gasteiger partial charge in [0.25, 0.3) is 0 Å². The van der Waals surface area contributed by atoms with E-state index in [4.69, 9.17) is 9.26 Å². The summed E-state index contributed by atoms with van der Waals surface area (Å²) in [5.41, 5.74) is 1.14. The lowest BCUT2D eigenvalue weighted by molar-refractivity contribution is 0.329. The monoisotopic (exact) mass is 273 g/mol. The van der Waals surface area contributed by atoms with Crippen molar-refractivity contribution in [2.45, 2.75) is 32.2 Å². The van der Waals surface area contributed by atoms with Crippen molar-refractivity contribution in [3.8, 4) is 5.75 Å². The highest BCUT2D eigenvalue weighted by molar-refractivity contribution is 5.42. The zero-order valence-electron chi connectivity index (χ0n) is 11.8. The molecule has 0 radical (unpaired) electrons. The van der Waals surface area contributed by atoms with Gasteiger partial charge < -0.3 is 14.6 Å². The number of hydrogen-bond acceptors (Lipinski definition) is 5. The molecule has 0 bridgehead atoms. The third-order valence-electron chi connectivity index (χ3n) is 3.53. The van der Waals surface area contributed by atoms with Crippen LogP contribution in [0.15, 0.2) is 28.8 Å². The molecule has 1 aliphatic heterocycles. The van der Waals surface area contributed by atoms with Gasteiger partial charge in [0.1, 0.15) is 12.4 Å². The van der Waals surface area contributed by atoms with Gasteiger partial charge in [-0.2, -0.15) is 4.98 Å². The van der Waals surface area contributed by atoms with E-state index < -0.39 is 0 Å². The molecule has 20 heavy (non-hydrogen) atoms. The maximum Gasteiger partial charge on any atom is 0.228 e. The van der Waals surface area contributed by atoms with E-state index in [1.807, 2.05) is 18.2 Å². The molecule has 106 valence electrons. The zero-order chi connectivity index (χ0) is 13.9. The predicted molar refractivity (Wildman–Crippen MR) is 74.9 cm³/mol. The fourth-order valence-corrected chi connectivity index (χ4v) is 2.55. The van der Waals surface area contributed by atoms with Gasteiger partial charge in [-0.05, 0) is 19.5 Å². The smallest absolute Gasteiger partial charge is 0.228 e. The van der Waals surface area contributed by atoms with Gasteiger partial charge in [-0.1, -0.05) is 30.3 Å². The van der Waals surface area contributed by atoms with Gasteiger partial charge in [-0.3, -0.25) is 0 Å². The summed E-state index contributed by atoms with van der Waals surface area (Å²) in [5, 5.41) is 7.45. The van der Waals surface area contributed by atoms with Crippen molar-refractivity contribution in [3.05, 3.63) is 41.5 Å². The summed E-state index contributed by atoms with van der Waals surface area (Å²) in [6, 6.07) is 8.35. The second-order valence-corrected chi connectivity index (χ2v) is 5.11. The number of nitrogens with one attached hydrogen (secondary N) is 1. The summed E-state index contributed by atoms with van der Waals surface area (Å²) in [6.45, 7) is 5.72. The first-order valence-electron chi connectivity index (χ1n) is 7.05. The van der Waals surface area contributed by atoms with Gasteiger partial charge in [0.15, 0.2) is 5.82 Å². The van der Waals surface area contributed by atoms with Gasteiger partial charge in [0.2, 0.25) is 5.89 Å². The lowest BCUT2D eigenvalue weighted by Gasteiger charge is -2.08. The summed E-state index contributed by atoms with van der Waals surface area (Å²) in [6.07, 6.45) is 0.746. The molecule has 5 nitrogen and oxygen atoms in total. The highest BCUT2D eigenvalue weighted by Gasteiger charge is 2.29. The Labute approximate surface area is 118 Å². The van der Waals surface area contributed by atoms with E-state index in [1.54, 1.807) is 0 Å². The summed E-state index contributed by atoms with van der Waals surface area (Å²) >= 11 is 0. The SMILES string of the molecule is CCNC(C)Cc1nc(C2COc3ccccc32)no1. The Hall–Kier alpha value is -1.88. The van der Waals surface area contributed by atoms with Crippen molar-refractivity contribution in [1.29, 1.82) is 0 Å². The molecule has 2 heterocycles. The third kappa shape index (κ3) is 2.54. The number of hydrogen-bond donors (Lipinski definition) is 1. The van der Waals surface area contributed by atoms with Crippen LogP contribution in [0.25, 0.3) is 0 Å². The van der Waals surface area contributed by atoms with Crippen molar-refractivity contribution in [3.63, 3.8) is 0 Å². The normalized spacial score (nSPS) is 18.6. The van der Waals surface area contributed by atoms with E-state index in [2.05, 4.69) is 35.4 Å². The molecule has 2 aromatic rings. The Morgan fingerprint density at radius 1 is 1.40 bits per heavy atom. The van der Waals surface area contributed by atoms with Crippen LogP contribution in [0.2, 0.25) is 0 Å². The number of rotatable bonds is 5. The third-order valence-corrected chi connectivity index (χ3v) is 3.53. The van der Waals surface area contributed by atoms with Gasteiger partial charge in [0, 0.05) is 18.0 Å². The first-order valence-corrected chi connectivity index (χ1v) is 7.05. The second-order valence-electron chi connectivity index (χ2n) is 5.11. The molecule has 1 N–H and O–H groups in total. The van der Waals surface area contributed by atoms with Crippen LogP contribution in [0, 0.1) is 0 Å². The minimum atomic E-state index is 0.0816. The summed E-state index contributed by atoms with van der Waals surface area (Å²) in [7, 11) is 0. The summed E-state index contributed by atoms with van der Waals surface area (Å²) in [4.78, 5) is 4.52. The predicted octanol–water partition coefficient (Wildman–Crippen LogP) is 2.13. The molecular weight excluding hydrogens is 254 g/mol. The number of fused-ring (bicyclic) bond motifs is 1. The Morgan fingerprint density at radius 2 is 2.25 bits per heavy atom. The van der Waals surface area contributed by atoms with Crippen molar-refractivity contribution in [1.82, 2.24) is 15.5 Å². The summed E-state index contributed by atoms with van der Waals surface area (Å²) < 4.78 is 11.0. The Kier molecular flexibility index (Phi) is 3.69. The molecule has 0 saturated carbocycles. The van der Waals surface area contributed by atoms with E-state index in [-0.39, 0.29) is 5.92 Å². The number of benzene rings is 1. The number of ether oxygens (including phenoxy) is 1. The fourth-order valence-electron chi connectivity index (χ4n) is 2.55. The molecule has 1 aromatic heterocycles. The molecule has 1 aromatic carbocycles. The largest absolute Gasteiger partial charge is 0.492 e. The molecule has 0 amide bonds. The van der Waals surface area contributed by atoms with Crippen molar-refractivity contribution < 1.29 is 9.26 Å². The van der Waals surface area contributed by atoms with Crippen LogP contribution >= 0.6 is 0 Å². The lowest BCUT2D eigenvalue weighted by atomic mass is 10.0. The standard InChI is InChI=1S/C15H19N3O2/c1-3-16-10(2)8-14-17-15(18-20-14)12-9-19-13-7-5-4-6-11(12)13/h4-7,10,12,16H,3,8-9H2,1-2H3. The van der Waals surface area contributed by atoms with Crippen molar-refractivity contribution in [2.75, 3.05) is 13.2 Å². The van der Waals surface area contributed by atoms with E-state index in [1.165, 1.54) is 0 Å².